The second kappa shape index (κ2) is 5.91. The zero-order valence-corrected chi connectivity index (χ0v) is 13.3. The van der Waals surface area contributed by atoms with Gasteiger partial charge in [0.1, 0.15) is 4.90 Å². The summed E-state index contributed by atoms with van der Waals surface area (Å²) in [7, 11) is -3.88. The summed E-state index contributed by atoms with van der Waals surface area (Å²) in [5.74, 6) is 0. The summed E-state index contributed by atoms with van der Waals surface area (Å²) >= 11 is 17.6. The molecule has 0 bridgehead atoms. The third-order valence-electron chi connectivity index (χ3n) is 2.58. The number of aromatic nitrogens is 2. The van der Waals surface area contributed by atoms with E-state index < -0.39 is 16.1 Å². The zero-order valence-electron chi connectivity index (χ0n) is 10.2. The number of aromatic amines is 1. The van der Waals surface area contributed by atoms with E-state index in [9.17, 15) is 8.42 Å². The third-order valence-corrected chi connectivity index (χ3v) is 5.26. The number of benzene rings is 1. The summed E-state index contributed by atoms with van der Waals surface area (Å²) in [6.45, 7) is 1.68. The molecule has 2 aromatic rings. The molecule has 0 aliphatic carbocycles. The molecule has 0 spiro atoms. The number of nitrogens with zero attached hydrogens (tertiary/aromatic N) is 1. The van der Waals surface area contributed by atoms with Crippen LogP contribution in [0.5, 0.6) is 0 Å². The number of rotatable bonds is 4. The summed E-state index contributed by atoms with van der Waals surface area (Å²) in [4.78, 5) is -0.194. The molecule has 1 heterocycles. The maximum atomic E-state index is 12.3. The van der Waals surface area contributed by atoms with Crippen molar-refractivity contribution >= 4 is 44.8 Å². The quantitative estimate of drug-likeness (QED) is 0.883. The van der Waals surface area contributed by atoms with Gasteiger partial charge in [0.05, 0.1) is 16.2 Å². The second-order valence-corrected chi connectivity index (χ2v) is 6.97. The van der Waals surface area contributed by atoms with Crippen molar-refractivity contribution in [2.45, 2.75) is 17.9 Å². The summed E-state index contributed by atoms with van der Waals surface area (Å²) < 4.78 is 27.2. The van der Waals surface area contributed by atoms with Gasteiger partial charge >= 0.3 is 0 Å². The molecule has 108 valence electrons. The largest absolute Gasteiger partial charge is 0.285 e. The van der Waals surface area contributed by atoms with Gasteiger partial charge in [-0.05, 0) is 19.1 Å². The van der Waals surface area contributed by atoms with E-state index in [4.69, 9.17) is 34.8 Å². The highest BCUT2D eigenvalue weighted by Crippen LogP contribution is 2.33. The Balaban J connectivity index is 2.37. The molecule has 9 heteroatoms. The lowest BCUT2D eigenvalue weighted by molar-refractivity contribution is 0.567. The molecule has 2 rings (SSSR count). The predicted octanol–water partition coefficient (Wildman–Crippen LogP) is 3.41. The van der Waals surface area contributed by atoms with Crippen LogP contribution >= 0.6 is 34.8 Å². The molecule has 1 unspecified atom stereocenters. The molecular weight excluding hydrogens is 345 g/mol. The summed E-state index contributed by atoms with van der Waals surface area (Å²) in [6, 6.07) is 2.17. The van der Waals surface area contributed by atoms with Crippen molar-refractivity contribution in [3.63, 3.8) is 0 Å². The lowest BCUT2D eigenvalue weighted by Crippen LogP contribution is -2.27. The van der Waals surface area contributed by atoms with Gasteiger partial charge in [-0.1, -0.05) is 34.8 Å². The lowest BCUT2D eigenvalue weighted by atomic mass is 10.2. The summed E-state index contributed by atoms with van der Waals surface area (Å²) in [5.41, 5.74) is 0.690. The predicted molar refractivity (Wildman–Crippen MR) is 78.8 cm³/mol. The standard InChI is InChI=1S/C11H10Cl3N3O2S/c1-6(7-4-15-16-5-7)17-20(18,19)11-9(13)2-8(12)3-10(11)14/h2-6,17H,1H3,(H,15,16). The monoisotopic (exact) mass is 353 g/mol. The number of halogens is 3. The number of sulfonamides is 1. The Morgan fingerprint density at radius 3 is 2.35 bits per heavy atom. The molecule has 5 nitrogen and oxygen atoms in total. The first-order valence-corrected chi connectivity index (χ1v) is 8.08. The fourth-order valence-electron chi connectivity index (χ4n) is 1.64. The van der Waals surface area contributed by atoms with Crippen LogP contribution in [0.2, 0.25) is 15.1 Å². The fourth-order valence-corrected chi connectivity index (χ4v) is 4.42. The van der Waals surface area contributed by atoms with E-state index >= 15 is 0 Å². The Hall–Kier alpha value is -0.790. The van der Waals surface area contributed by atoms with Crippen molar-refractivity contribution in [1.82, 2.24) is 14.9 Å². The van der Waals surface area contributed by atoms with Gasteiger partial charge in [-0.2, -0.15) is 5.10 Å². The van der Waals surface area contributed by atoms with Gasteiger partial charge in [-0.15, -0.1) is 0 Å². The Kier molecular flexibility index (Phi) is 4.61. The Labute approximate surface area is 131 Å². The zero-order chi connectivity index (χ0) is 14.9. The van der Waals surface area contributed by atoms with Gasteiger partial charge in [0.2, 0.25) is 10.0 Å². The van der Waals surface area contributed by atoms with Crippen molar-refractivity contribution in [2.75, 3.05) is 0 Å². The average molecular weight is 355 g/mol. The minimum atomic E-state index is -3.88. The van der Waals surface area contributed by atoms with Crippen molar-refractivity contribution in [2.24, 2.45) is 0 Å². The van der Waals surface area contributed by atoms with Gasteiger partial charge in [-0.25, -0.2) is 13.1 Å². The number of hydrogen-bond acceptors (Lipinski definition) is 3. The highest BCUT2D eigenvalue weighted by atomic mass is 35.5. The molecule has 1 aromatic heterocycles. The van der Waals surface area contributed by atoms with E-state index in [1.807, 2.05) is 0 Å². The Morgan fingerprint density at radius 2 is 1.85 bits per heavy atom. The van der Waals surface area contributed by atoms with Crippen LogP contribution in [0.4, 0.5) is 0 Å². The average Bonchev–Trinajstić information content (AvgIpc) is 2.78. The fraction of sp³-hybridized carbons (Fsp3) is 0.182. The van der Waals surface area contributed by atoms with Crippen LogP contribution in [0, 0.1) is 0 Å². The van der Waals surface area contributed by atoms with Gasteiger partial charge in [0, 0.05) is 22.8 Å². The molecule has 0 amide bonds. The van der Waals surface area contributed by atoms with Crippen molar-refractivity contribution in [3.05, 3.63) is 45.2 Å². The molecule has 0 fully saturated rings. The Morgan fingerprint density at radius 1 is 1.25 bits per heavy atom. The highest BCUT2D eigenvalue weighted by molar-refractivity contribution is 7.89. The highest BCUT2D eigenvalue weighted by Gasteiger charge is 2.25. The molecule has 20 heavy (non-hydrogen) atoms. The minimum absolute atomic E-state index is 0.0330. The maximum absolute atomic E-state index is 12.3. The SMILES string of the molecule is CC(NS(=O)(=O)c1c(Cl)cc(Cl)cc1Cl)c1cn[nH]c1. The van der Waals surface area contributed by atoms with Crippen LogP contribution in [-0.4, -0.2) is 18.6 Å². The second-order valence-electron chi connectivity index (χ2n) is 4.07. The molecule has 1 aromatic carbocycles. The number of H-pyrrole nitrogens is 1. The molecular formula is C11H10Cl3N3O2S. The van der Waals surface area contributed by atoms with Crippen LogP contribution in [0.1, 0.15) is 18.5 Å². The van der Waals surface area contributed by atoms with E-state index in [-0.39, 0.29) is 20.0 Å². The molecule has 2 N–H and O–H groups in total. The van der Waals surface area contributed by atoms with Crippen LogP contribution in [-0.2, 0) is 10.0 Å². The first-order valence-electron chi connectivity index (χ1n) is 5.47. The van der Waals surface area contributed by atoms with Gasteiger partial charge in [-0.3, -0.25) is 5.10 Å². The smallest absolute Gasteiger partial charge is 0.244 e. The van der Waals surface area contributed by atoms with Crippen LogP contribution in [0.3, 0.4) is 0 Å². The lowest BCUT2D eigenvalue weighted by Gasteiger charge is -2.14. The van der Waals surface area contributed by atoms with E-state index in [2.05, 4.69) is 14.9 Å². The molecule has 0 saturated heterocycles. The van der Waals surface area contributed by atoms with E-state index in [0.717, 1.165) is 0 Å². The van der Waals surface area contributed by atoms with E-state index in [1.54, 1.807) is 13.1 Å². The minimum Gasteiger partial charge on any atom is -0.285 e. The molecule has 1 atom stereocenters. The van der Waals surface area contributed by atoms with Gasteiger partial charge in [0.25, 0.3) is 0 Å². The van der Waals surface area contributed by atoms with Crippen LogP contribution in [0.25, 0.3) is 0 Å². The van der Waals surface area contributed by atoms with Crippen LogP contribution in [0.15, 0.2) is 29.4 Å². The summed E-state index contributed by atoms with van der Waals surface area (Å²) in [6.07, 6.45) is 3.12. The molecule has 0 saturated carbocycles. The van der Waals surface area contributed by atoms with Crippen molar-refractivity contribution in [3.8, 4) is 0 Å². The Bertz CT molecular complexity index is 694. The molecule has 0 radical (unpaired) electrons. The number of hydrogen-bond donors (Lipinski definition) is 2. The van der Waals surface area contributed by atoms with Gasteiger partial charge < -0.3 is 0 Å². The van der Waals surface area contributed by atoms with Crippen LogP contribution < -0.4 is 4.72 Å². The first-order chi connectivity index (χ1) is 9.31. The third kappa shape index (κ3) is 3.27. The summed E-state index contributed by atoms with van der Waals surface area (Å²) in [5, 5.41) is 6.57. The van der Waals surface area contributed by atoms with E-state index in [0.29, 0.717) is 5.56 Å². The van der Waals surface area contributed by atoms with Gasteiger partial charge in [0.15, 0.2) is 0 Å². The van der Waals surface area contributed by atoms with Crippen molar-refractivity contribution in [1.29, 1.82) is 0 Å². The topological polar surface area (TPSA) is 74.8 Å². The first kappa shape index (κ1) is 15.6. The number of nitrogens with one attached hydrogen (secondary N) is 2. The molecule has 0 aliphatic rings. The molecule has 0 aliphatic heterocycles. The van der Waals surface area contributed by atoms with Crippen molar-refractivity contribution < 1.29 is 8.42 Å². The maximum Gasteiger partial charge on any atom is 0.244 e. The normalized spacial score (nSPS) is 13.4. The van der Waals surface area contributed by atoms with E-state index in [1.165, 1.54) is 18.3 Å².